The van der Waals surface area contributed by atoms with E-state index in [2.05, 4.69) is 34.1 Å². The topological polar surface area (TPSA) is 97.6 Å². The summed E-state index contributed by atoms with van der Waals surface area (Å²) in [5.74, 6) is 0.482. The zero-order valence-electron chi connectivity index (χ0n) is 24.7. The molecule has 0 aliphatic carbocycles. The molecule has 1 unspecified atom stereocenters. The predicted octanol–water partition coefficient (Wildman–Crippen LogP) is 5.84. The van der Waals surface area contributed by atoms with E-state index in [1.165, 1.54) is 9.54 Å². The van der Waals surface area contributed by atoms with E-state index in [-0.39, 0.29) is 11.0 Å². The summed E-state index contributed by atoms with van der Waals surface area (Å²) in [4.78, 5) is 11.7. The minimum absolute atomic E-state index is 0.215. The average Bonchev–Trinajstić information content (AvgIpc) is 3.36. The number of aliphatic hydroxyl groups is 1. The first-order chi connectivity index (χ1) is 20.8. The highest BCUT2D eigenvalue weighted by atomic mass is 32.2. The van der Waals surface area contributed by atoms with Gasteiger partial charge in [-0.2, -0.15) is 0 Å². The van der Waals surface area contributed by atoms with Gasteiger partial charge in [-0.05, 0) is 68.1 Å². The van der Waals surface area contributed by atoms with Crippen LogP contribution in [0.4, 0.5) is 0 Å². The number of likely N-dealkylation sites (tertiary alicyclic amines) is 1. The molecule has 1 aliphatic rings. The van der Waals surface area contributed by atoms with Gasteiger partial charge in [0.1, 0.15) is 0 Å². The van der Waals surface area contributed by atoms with Crippen LogP contribution in [0, 0.1) is 6.92 Å². The Morgan fingerprint density at radius 2 is 1.67 bits per heavy atom. The molecule has 1 N–H and O–H groups in total. The molecule has 222 valence electrons. The standard InChI is InChI=1S/C34H36N4O4S/c1-4-31-33(26-13-16-32(42-3)35-19-26)30-18-27(25-11-9-24(10-12-25)21-37-17-5-6-28(39)22-37)20-36-34(30)38(31)43(40,41)29-14-7-23(2)8-15-29/h7-16,18-20,28,39H,4-6,17,21-22H2,1-3H3. The third kappa shape index (κ3) is 5.68. The lowest BCUT2D eigenvalue weighted by Gasteiger charge is -2.29. The van der Waals surface area contributed by atoms with E-state index >= 15 is 0 Å². The first-order valence-electron chi connectivity index (χ1n) is 14.6. The molecular weight excluding hydrogens is 560 g/mol. The Kier molecular flexibility index (Phi) is 8.05. The molecule has 2 aromatic carbocycles. The lowest BCUT2D eigenvalue weighted by Crippen LogP contribution is -2.37. The van der Waals surface area contributed by atoms with Gasteiger partial charge < -0.3 is 9.84 Å². The fraction of sp³-hybridized carbons (Fsp3) is 0.294. The third-order valence-corrected chi connectivity index (χ3v) is 9.91. The zero-order chi connectivity index (χ0) is 30.1. The largest absolute Gasteiger partial charge is 0.481 e. The molecular formula is C34H36N4O4S. The van der Waals surface area contributed by atoms with E-state index in [1.54, 1.807) is 49.8 Å². The number of ether oxygens (including phenoxy) is 1. The van der Waals surface area contributed by atoms with Crippen molar-refractivity contribution in [2.45, 2.75) is 50.7 Å². The van der Waals surface area contributed by atoms with Crippen molar-refractivity contribution in [2.24, 2.45) is 0 Å². The maximum Gasteiger partial charge on any atom is 0.269 e. The first-order valence-corrected chi connectivity index (χ1v) is 16.1. The number of aryl methyl sites for hydroxylation is 1. The molecule has 0 bridgehead atoms. The highest BCUT2D eigenvalue weighted by Crippen LogP contribution is 2.39. The van der Waals surface area contributed by atoms with Crippen LogP contribution in [0.1, 0.15) is 36.6 Å². The second-order valence-electron chi connectivity index (χ2n) is 11.2. The maximum absolute atomic E-state index is 14.1. The Bertz CT molecular complexity index is 1850. The van der Waals surface area contributed by atoms with E-state index in [4.69, 9.17) is 9.72 Å². The molecule has 0 amide bonds. The molecule has 6 rings (SSSR count). The van der Waals surface area contributed by atoms with E-state index in [1.807, 2.05) is 26.0 Å². The first kappa shape index (κ1) is 29.0. The number of methoxy groups -OCH3 is 1. The summed E-state index contributed by atoms with van der Waals surface area (Å²) < 4.78 is 34.9. The molecule has 1 aliphatic heterocycles. The number of β-amino-alcohol motifs (C(OH)–C–C–N with tert-alkyl or cyclic N) is 1. The number of benzene rings is 2. The van der Waals surface area contributed by atoms with Crippen LogP contribution in [0.3, 0.4) is 0 Å². The van der Waals surface area contributed by atoms with Gasteiger partial charge in [-0.25, -0.2) is 22.4 Å². The number of rotatable bonds is 8. The van der Waals surface area contributed by atoms with Gasteiger partial charge in [0.05, 0.1) is 18.1 Å². The molecule has 43 heavy (non-hydrogen) atoms. The van der Waals surface area contributed by atoms with Crippen LogP contribution in [0.5, 0.6) is 5.88 Å². The number of pyridine rings is 2. The zero-order valence-corrected chi connectivity index (χ0v) is 25.5. The highest BCUT2D eigenvalue weighted by Gasteiger charge is 2.28. The van der Waals surface area contributed by atoms with Gasteiger partial charge in [0.25, 0.3) is 10.0 Å². The predicted molar refractivity (Wildman–Crippen MR) is 169 cm³/mol. The van der Waals surface area contributed by atoms with Crippen LogP contribution in [0.15, 0.2) is 84.0 Å². The van der Waals surface area contributed by atoms with Crippen molar-refractivity contribution < 1.29 is 18.3 Å². The minimum atomic E-state index is -3.94. The normalized spacial score (nSPS) is 16.0. The van der Waals surface area contributed by atoms with Gasteiger partial charge in [-0.1, -0.05) is 48.9 Å². The van der Waals surface area contributed by atoms with Crippen molar-refractivity contribution in [2.75, 3.05) is 20.2 Å². The van der Waals surface area contributed by atoms with Crippen molar-refractivity contribution in [3.63, 3.8) is 0 Å². The van der Waals surface area contributed by atoms with E-state index in [9.17, 15) is 13.5 Å². The van der Waals surface area contributed by atoms with Gasteiger partial charge in [-0.15, -0.1) is 0 Å². The van der Waals surface area contributed by atoms with Crippen LogP contribution in [0.25, 0.3) is 33.3 Å². The second-order valence-corrected chi connectivity index (χ2v) is 13.0. The molecule has 8 nitrogen and oxygen atoms in total. The molecule has 1 atom stereocenters. The van der Waals surface area contributed by atoms with Crippen LogP contribution in [-0.2, 0) is 23.0 Å². The van der Waals surface area contributed by atoms with Crippen LogP contribution >= 0.6 is 0 Å². The van der Waals surface area contributed by atoms with Crippen molar-refractivity contribution in [3.05, 3.63) is 95.9 Å². The van der Waals surface area contributed by atoms with Crippen molar-refractivity contribution in [1.82, 2.24) is 18.8 Å². The second kappa shape index (κ2) is 11.9. The van der Waals surface area contributed by atoms with E-state index < -0.39 is 10.0 Å². The van der Waals surface area contributed by atoms with Gasteiger partial charge in [-0.3, -0.25) is 4.90 Å². The number of nitrogens with zero attached hydrogens (tertiary/aromatic N) is 4. The molecule has 1 fully saturated rings. The molecule has 1 saturated heterocycles. The summed E-state index contributed by atoms with van der Waals surface area (Å²) in [5, 5.41) is 10.8. The Hall–Kier alpha value is -4.05. The smallest absolute Gasteiger partial charge is 0.269 e. The van der Waals surface area contributed by atoms with Crippen LogP contribution in [0.2, 0.25) is 0 Å². The SMILES string of the molecule is CCc1c(-c2ccc(OC)nc2)c2cc(-c3ccc(CN4CCCC(O)C4)cc3)cnc2n1S(=O)(=O)c1ccc(C)cc1. The molecule has 0 spiro atoms. The number of hydrogen-bond acceptors (Lipinski definition) is 7. The Morgan fingerprint density at radius 3 is 2.33 bits per heavy atom. The van der Waals surface area contributed by atoms with E-state index in [0.717, 1.165) is 59.1 Å². The molecule has 0 saturated carbocycles. The van der Waals surface area contributed by atoms with Crippen LogP contribution in [-0.4, -0.2) is 58.7 Å². The Balaban J connectivity index is 1.47. The summed E-state index contributed by atoms with van der Waals surface area (Å²) in [5.41, 5.74) is 6.65. The van der Waals surface area contributed by atoms with Crippen molar-refractivity contribution >= 4 is 21.1 Å². The minimum Gasteiger partial charge on any atom is -0.481 e. The lowest BCUT2D eigenvalue weighted by atomic mass is 10.00. The van der Waals surface area contributed by atoms with Gasteiger partial charge in [0.2, 0.25) is 5.88 Å². The fourth-order valence-electron chi connectivity index (χ4n) is 5.95. The number of hydrogen-bond donors (Lipinski definition) is 1. The maximum atomic E-state index is 14.1. The fourth-order valence-corrected chi connectivity index (χ4v) is 7.52. The summed E-state index contributed by atoms with van der Waals surface area (Å²) >= 11 is 0. The molecule has 0 radical (unpaired) electrons. The number of fused-ring (bicyclic) bond motifs is 1. The third-order valence-electron chi connectivity index (χ3n) is 8.16. The number of piperidine rings is 1. The average molecular weight is 597 g/mol. The summed E-state index contributed by atoms with van der Waals surface area (Å²) in [6, 6.07) is 21.0. The van der Waals surface area contributed by atoms with Crippen molar-refractivity contribution in [1.29, 1.82) is 0 Å². The lowest BCUT2D eigenvalue weighted by molar-refractivity contribution is 0.0668. The molecule has 4 heterocycles. The monoisotopic (exact) mass is 596 g/mol. The summed E-state index contributed by atoms with van der Waals surface area (Å²) in [6.45, 7) is 6.37. The molecule has 9 heteroatoms. The summed E-state index contributed by atoms with van der Waals surface area (Å²) in [6.07, 6.45) is 5.56. The van der Waals surface area contributed by atoms with Gasteiger partial charge >= 0.3 is 0 Å². The van der Waals surface area contributed by atoms with E-state index in [0.29, 0.717) is 30.2 Å². The summed E-state index contributed by atoms with van der Waals surface area (Å²) in [7, 11) is -2.37. The highest BCUT2D eigenvalue weighted by molar-refractivity contribution is 7.90. The molecule has 5 aromatic rings. The molecule has 3 aromatic heterocycles. The Labute approximate surface area is 252 Å². The van der Waals surface area contributed by atoms with Gasteiger partial charge in [0.15, 0.2) is 5.65 Å². The quantitative estimate of drug-likeness (QED) is 0.240. The van der Waals surface area contributed by atoms with Crippen molar-refractivity contribution in [3.8, 4) is 28.1 Å². The van der Waals surface area contributed by atoms with Crippen LogP contribution < -0.4 is 4.74 Å². The number of aliphatic hydroxyl groups excluding tert-OH is 1. The number of aromatic nitrogens is 3. The van der Waals surface area contributed by atoms with Gasteiger partial charge in [0, 0.05) is 59.3 Å². The Morgan fingerprint density at radius 1 is 0.953 bits per heavy atom.